The number of carbonyl (C=O) groups excluding carboxylic acids is 2. The van der Waals surface area contributed by atoms with Crippen LogP contribution in [0.3, 0.4) is 0 Å². The van der Waals surface area contributed by atoms with E-state index in [1.165, 1.54) is 17.3 Å². The Morgan fingerprint density at radius 2 is 1.73 bits per heavy atom. The highest BCUT2D eigenvalue weighted by Crippen LogP contribution is 2.31. The molecule has 1 aliphatic rings. The van der Waals surface area contributed by atoms with Crippen LogP contribution in [0.15, 0.2) is 41.4 Å². The molecule has 2 aromatic rings. The number of carbonyl (C=O) groups is 2. The summed E-state index contributed by atoms with van der Waals surface area (Å²) in [6, 6.07) is 12.1. The van der Waals surface area contributed by atoms with E-state index >= 15 is 0 Å². The van der Waals surface area contributed by atoms with E-state index in [-0.39, 0.29) is 18.2 Å². The molecule has 0 radical (unpaired) electrons. The van der Waals surface area contributed by atoms with Crippen molar-refractivity contribution in [3.63, 3.8) is 0 Å². The zero-order valence-electron chi connectivity index (χ0n) is 18.4. The van der Waals surface area contributed by atoms with Gasteiger partial charge in [0.1, 0.15) is 5.25 Å². The minimum absolute atomic E-state index is 0.0925. The Bertz CT molecular complexity index is 973. The van der Waals surface area contributed by atoms with E-state index in [2.05, 4.69) is 36.3 Å². The quantitative estimate of drug-likeness (QED) is 0.707. The number of aliphatic imine (C=N–C) groups is 1. The Labute approximate surface area is 183 Å². The number of anilines is 1. The van der Waals surface area contributed by atoms with Gasteiger partial charge in [-0.05, 0) is 55.5 Å². The third-order valence-corrected chi connectivity index (χ3v) is 6.47. The summed E-state index contributed by atoms with van der Waals surface area (Å²) in [4.78, 5) is 31.5. The van der Waals surface area contributed by atoms with Crippen molar-refractivity contribution in [2.75, 3.05) is 12.4 Å². The van der Waals surface area contributed by atoms with Crippen molar-refractivity contribution < 1.29 is 9.59 Å². The molecule has 0 bridgehead atoms. The largest absolute Gasteiger partial charge is 0.326 e. The van der Waals surface area contributed by atoms with Crippen molar-refractivity contribution in [2.24, 2.45) is 4.99 Å². The minimum atomic E-state index is -0.463. The number of rotatable bonds is 5. The zero-order chi connectivity index (χ0) is 22.0. The van der Waals surface area contributed by atoms with E-state index in [1.807, 2.05) is 45.0 Å². The lowest BCUT2D eigenvalue weighted by Gasteiger charge is -2.14. The molecule has 2 amide bonds. The molecule has 1 aliphatic heterocycles. The van der Waals surface area contributed by atoms with Crippen molar-refractivity contribution in [3.05, 3.63) is 58.7 Å². The van der Waals surface area contributed by atoms with Gasteiger partial charge in [-0.2, -0.15) is 0 Å². The smallest absolute Gasteiger partial charge is 0.242 e. The first-order valence-corrected chi connectivity index (χ1v) is 11.0. The third-order valence-electron chi connectivity index (χ3n) is 5.24. The Kier molecular flexibility index (Phi) is 6.66. The monoisotopic (exact) mass is 423 g/mol. The summed E-state index contributed by atoms with van der Waals surface area (Å²) in [5.74, 6) is 0.206. The molecule has 0 unspecified atom stereocenters. The summed E-state index contributed by atoms with van der Waals surface area (Å²) in [5, 5.41) is 3.15. The van der Waals surface area contributed by atoms with Crippen LogP contribution in [0.1, 0.15) is 48.4 Å². The van der Waals surface area contributed by atoms with Crippen LogP contribution in [-0.2, 0) is 9.59 Å². The Balaban J connectivity index is 1.69. The number of thioether (sulfide) groups is 1. The van der Waals surface area contributed by atoms with Crippen molar-refractivity contribution in [2.45, 2.75) is 52.2 Å². The second-order valence-electron chi connectivity index (χ2n) is 8.17. The van der Waals surface area contributed by atoms with Gasteiger partial charge in [-0.1, -0.05) is 55.4 Å². The van der Waals surface area contributed by atoms with Crippen molar-refractivity contribution in [1.29, 1.82) is 0 Å². The number of nitrogens with one attached hydrogen (secondary N) is 1. The average Bonchev–Trinajstić information content (AvgIpc) is 2.93. The number of benzene rings is 2. The first kappa shape index (κ1) is 22.1. The third kappa shape index (κ3) is 4.93. The average molecular weight is 424 g/mol. The second kappa shape index (κ2) is 9.04. The topological polar surface area (TPSA) is 61.8 Å². The number of nitrogens with zero attached hydrogens (tertiary/aromatic N) is 2. The molecule has 1 atom stereocenters. The number of hydrogen-bond donors (Lipinski definition) is 1. The van der Waals surface area contributed by atoms with Crippen molar-refractivity contribution >= 4 is 40.1 Å². The van der Waals surface area contributed by atoms with E-state index in [1.54, 1.807) is 11.9 Å². The van der Waals surface area contributed by atoms with E-state index in [0.29, 0.717) is 11.1 Å². The molecule has 3 rings (SSSR count). The lowest BCUT2D eigenvalue weighted by molar-refractivity contribution is -0.127. The van der Waals surface area contributed by atoms with Gasteiger partial charge in [0.2, 0.25) is 11.8 Å². The van der Waals surface area contributed by atoms with Crippen molar-refractivity contribution in [1.82, 2.24) is 4.90 Å². The summed E-state index contributed by atoms with van der Waals surface area (Å²) < 4.78 is 0. The van der Waals surface area contributed by atoms with Gasteiger partial charge in [-0.15, -0.1) is 0 Å². The summed E-state index contributed by atoms with van der Waals surface area (Å²) in [7, 11) is 1.71. The van der Waals surface area contributed by atoms with Gasteiger partial charge in [0, 0.05) is 19.2 Å². The number of amides is 2. The molecule has 0 aliphatic carbocycles. The molecule has 30 heavy (non-hydrogen) atoms. The molecule has 0 saturated carbocycles. The lowest BCUT2D eigenvalue weighted by Crippen LogP contribution is -2.30. The SMILES string of the molecule is Cc1cc(C)c(NC(=O)C[C@H]2SC(=Nc3ccc(C(C)C)cc3)N(C)C2=O)c(C)c1. The molecule has 158 valence electrons. The summed E-state index contributed by atoms with van der Waals surface area (Å²) >= 11 is 1.35. The number of aryl methyl sites for hydroxylation is 3. The molecule has 2 aromatic carbocycles. The lowest BCUT2D eigenvalue weighted by atomic mass is 10.0. The molecular weight excluding hydrogens is 394 g/mol. The van der Waals surface area contributed by atoms with Gasteiger partial charge in [-0.25, -0.2) is 4.99 Å². The fourth-order valence-corrected chi connectivity index (χ4v) is 4.73. The van der Waals surface area contributed by atoms with Crippen LogP contribution in [0.4, 0.5) is 11.4 Å². The maximum Gasteiger partial charge on any atom is 0.242 e. The Morgan fingerprint density at radius 1 is 1.13 bits per heavy atom. The van der Waals surface area contributed by atoms with Gasteiger partial charge in [0.15, 0.2) is 5.17 Å². The normalized spacial score (nSPS) is 17.8. The molecule has 0 spiro atoms. The molecule has 1 fully saturated rings. The van der Waals surface area contributed by atoms with E-state index in [4.69, 9.17) is 0 Å². The van der Waals surface area contributed by atoms with Crippen LogP contribution in [0.5, 0.6) is 0 Å². The van der Waals surface area contributed by atoms with Gasteiger partial charge >= 0.3 is 0 Å². The molecule has 1 N–H and O–H groups in total. The number of hydrogen-bond acceptors (Lipinski definition) is 4. The summed E-state index contributed by atoms with van der Waals surface area (Å²) in [5.41, 5.74) is 6.09. The molecule has 0 aromatic heterocycles. The Hall–Kier alpha value is -2.60. The fraction of sp³-hybridized carbons (Fsp3) is 0.375. The molecule has 5 nitrogen and oxygen atoms in total. The van der Waals surface area contributed by atoms with Gasteiger partial charge in [-0.3, -0.25) is 14.5 Å². The van der Waals surface area contributed by atoms with Gasteiger partial charge in [0.05, 0.1) is 5.69 Å². The first-order chi connectivity index (χ1) is 14.2. The highest BCUT2D eigenvalue weighted by Gasteiger charge is 2.37. The fourth-order valence-electron chi connectivity index (χ4n) is 3.58. The zero-order valence-corrected chi connectivity index (χ0v) is 19.3. The summed E-state index contributed by atoms with van der Waals surface area (Å²) in [6.45, 7) is 10.3. The molecule has 1 saturated heterocycles. The highest BCUT2D eigenvalue weighted by atomic mass is 32.2. The summed E-state index contributed by atoms with van der Waals surface area (Å²) in [6.07, 6.45) is 0.117. The highest BCUT2D eigenvalue weighted by molar-refractivity contribution is 8.15. The number of amidine groups is 1. The first-order valence-electron chi connectivity index (χ1n) is 10.2. The van der Waals surface area contributed by atoms with Gasteiger partial charge in [0.25, 0.3) is 0 Å². The van der Waals surface area contributed by atoms with Crippen molar-refractivity contribution in [3.8, 4) is 0 Å². The predicted octanol–water partition coefficient (Wildman–Crippen LogP) is 5.33. The Morgan fingerprint density at radius 3 is 2.30 bits per heavy atom. The maximum atomic E-state index is 12.7. The van der Waals surface area contributed by atoms with Crippen LogP contribution in [0, 0.1) is 20.8 Å². The predicted molar refractivity (Wildman–Crippen MR) is 126 cm³/mol. The van der Waals surface area contributed by atoms with Gasteiger partial charge < -0.3 is 5.32 Å². The molecular formula is C24H29N3O2S. The van der Waals surface area contributed by atoms with E-state index < -0.39 is 5.25 Å². The second-order valence-corrected chi connectivity index (χ2v) is 9.34. The molecule has 6 heteroatoms. The van der Waals surface area contributed by atoms with Crippen LogP contribution in [0.25, 0.3) is 0 Å². The van der Waals surface area contributed by atoms with Crippen LogP contribution < -0.4 is 5.32 Å². The van der Waals surface area contributed by atoms with E-state index in [9.17, 15) is 9.59 Å². The minimum Gasteiger partial charge on any atom is -0.326 e. The maximum absolute atomic E-state index is 12.7. The van der Waals surface area contributed by atoms with Crippen LogP contribution >= 0.6 is 11.8 Å². The van der Waals surface area contributed by atoms with E-state index in [0.717, 1.165) is 28.1 Å². The standard InChI is InChI=1S/C24H29N3O2S/c1-14(2)18-7-9-19(10-8-18)25-24-27(6)23(29)20(30-24)13-21(28)26-22-16(4)11-15(3)12-17(22)5/h7-12,14,20H,13H2,1-6H3,(H,26,28)/t20-/m1/s1. The van der Waals surface area contributed by atoms with Crippen LogP contribution in [0.2, 0.25) is 0 Å². The van der Waals surface area contributed by atoms with Crippen LogP contribution in [-0.4, -0.2) is 34.2 Å². The molecule has 1 heterocycles.